The van der Waals surface area contributed by atoms with E-state index >= 15 is 0 Å². The van der Waals surface area contributed by atoms with Crippen molar-refractivity contribution < 1.29 is 0 Å². The first-order chi connectivity index (χ1) is 9.56. The van der Waals surface area contributed by atoms with Crippen LogP contribution in [-0.4, -0.2) is 9.55 Å². The molecule has 0 aliphatic carbocycles. The van der Waals surface area contributed by atoms with Crippen LogP contribution in [0, 0.1) is 6.92 Å². The Balaban J connectivity index is 2.18. The fourth-order valence-corrected chi connectivity index (χ4v) is 2.48. The molecule has 20 heavy (non-hydrogen) atoms. The van der Waals surface area contributed by atoms with Crippen molar-refractivity contribution in [2.24, 2.45) is 0 Å². The molecule has 0 bridgehead atoms. The van der Waals surface area contributed by atoms with Gasteiger partial charge in [-0.25, -0.2) is 4.98 Å². The van der Waals surface area contributed by atoms with Gasteiger partial charge in [0, 0.05) is 5.69 Å². The number of aromatic nitrogens is 2. The maximum atomic E-state index is 6.09. The molecular weight excluding hydrogens is 246 g/mol. The number of hydrogen-bond acceptors (Lipinski definition) is 2. The van der Waals surface area contributed by atoms with Gasteiger partial charge < -0.3 is 5.73 Å². The van der Waals surface area contributed by atoms with Gasteiger partial charge in [-0.15, -0.1) is 0 Å². The number of rotatable bonds is 2. The van der Waals surface area contributed by atoms with Gasteiger partial charge >= 0.3 is 0 Å². The summed E-state index contributed by atoms with van der Waals surface area (Å²) < 4.78 is 2.01. The first-order valence-corrected chi connectivity index (χ1v) is 6.91. The zero-order valence-corrected chi connectivity index (χ0v) is 12.1. The smallest absolute Gasteiger partial charge is 0.205 e. The predicted molar refractivity (Wildman–Crippen MR) is 84.3 cm³/mol. The lowest BCUT2D eigenvalue weighted by Crippen LogP contribution is -2.01. The molecule has 3 rings (SSSR count). The summed E-state index contributed by atoms with van der Waals surface area (Å²) in [4.78, 5) is 4.43. The Labute approximate surface area is 119 Å². The van der Waals surface area contributed by atoms with Crippen molar-refractivity contribution in [1.29, 1.82) is 0 Å². The zero-order valence-electron chi connectivity index (χ0n) is 12.1. The molecular formula is C17H19N3. The van der Waals surface area contributed by atoms with Crippen LogP contribution in [0.4, 0.5) is 5.95 Å². The van der Waals surface area contributed by atoms with Crippen molar-refractivity contribution in [3.63, 3.8) is 0 Å². The Bertz CT molecular complexity index is 752. The highest BCUT2D eigenvalue weighted by molar-refractivity contribution is 5.81. The van der Waals surface area contributed by atoms with Gasteiger partial charge in [-0.3, -0.25) is 4.57 Å². The van der Waals surface area contributed by atoms with Gasteiger partial charge in [0.2, 0.25) is 5.95 Å². The number of fused-ring (bicyclic) bond motifs is 1. The minimum absolute atomic E-state index is 0.530. The van der Waals surface area contributed by atoms with Crippen LogP contribution in [0.3, 0.4) is 0 Å². The molecule has 0 saturated carbocycles. The zero-order chi connectivity index (χ0) is 14.3. The Morgan fingerprint density at radius 3 is 2.40 bits per heavy atom. The van der Waals surface area contributed by atoms with Crippen molar-refractivity contribution in [3.8, 4) is 5.69 Å². The van der Waals surface area contributed by atoms with Crippen LogP contribution in [-0.2, 0) is 0 Å². The number of anilines is 1. The summed E-state index contributed by atoms with van der Waals surface area (Å²) in [6.07, 6.45) is 0. The van der Waals surface area contributed by atoms with E-state index in [1.54, 1.807) is 0 Å². The van der Waals surface area contributed by atoms with Crippen LogP contribution in [0.2, 0.25) is 0 Å². The number of nitrogens with zero attached hydrogens (tertiary/aromatic N) is 2. The minimum atomic E-state index is 0.530. The molecule has 1 heterocycles. The number of imidazole rings is 1. The van der Waals surface area contributed by atoms with Crippen molar-refractivity contribution >= 4 is 17.0 Å². The Morgan fingerprint density at radius 1 is 1.05 bits per heavy atom. The van der Waals surface area contributed by atoms with Crippen molar-refractivity contribution in [3.05, 3.63) is 53.6 Å². The topological polar surface area (TPSA) is 43.8 Å². The largest absolute Gasteiger partial charge is 0.369 e. The van der Waals surface area contributed by atoms with Crippen LogP contribution in [0.25, 0.3) is 16.7 Å². The molecule has 3 heteroatoms. The SMILES string of the molecule is Cc1ccc2nc(N)n(-c3ccc(C(C)C)cc3)c2c1. The van der Waals surface area contributed by atoms with Crippen LogP contribution < -0.4 is 5.73 Å². The number of aryl methyl sites for hydroxylation is 1. The van der Waals surface area contributed by atoms with E-state index < -0.39 is 0 Å². The predicted octanol–water partition coefficient (Wildman–Crippen LogP) is 4.04. The number of benzene rings is 2. The lowest BCUT2D eigenvalue weighted by molar-refractivity contribution is 0.865. The Hall–Kier alpha value is -2.29. The second-order valence-corrected chi connectivity index (χ2v) is 5.54. The summed E-state index contributed by atoms with van der Waals surface area (Å²) in [5, 5.41) is 0. The average molecular weight is 265 g/mol. The summed E-state index contributed by atoms with van der Waals surface area (Å²) in [6.45, 7) is 6.47. The van der Waals surface area contributed by atoms with Gasteiger partial charge in [0.05, 0.1) is 11.0 Å². The minimum Gasteiger partial charge on any atom is -0.369 e. The summed E-state index contributed by atoms with van der Waals surface area (Å²) in [5.41, 5.74) is 11.7. The van der Waals surface area contributed by atoms with Crippen LogP contribution in [0.15, 0.2) is 42.5 Å². The number of nitrogens with two attached hydrogens (primary N) is 1. The molecule has 0 atom stereocenters. The fraction of sp³-hybridized carbons (Fsp3) is 0.235. The third kappa shape index (κ3) is 2.05. The summed E-state index contributed by atoms with van der Waals surface area (Å²) >= 11 is 0. The molecule has 0 saturated heterocycles. The van der Waals surface area contributed by atoms with Crippen molar-refractivity contribution in [1.82, 2.24) is 9.55 Å². The molecule has 3 nitrogen and oxygen atoms in total. The fourth-order valence-electron chi connectivity index (χ4n) is 2.48. The van der Waals surface area contributed by atoms with Crippen LogP contribution in [0.5, 0.6) is 0 Å². The maximum Gasteiger partial charge on any atom is 0.205 e. The average Bonchev–Trinajstić information content (AvgIpc) is 2.74. The lowest BCUT2D eigenvalue weighted by atomic mass is 10.0. The molecule has 2 aromatic carbocycles. The van der Waals surface area contributed by atoms with E-state index in [-0.39, 0.29) is 0 Å². The second kappa shape index (κ2) is 4.67. The monoisotopic (exact) mass is 265 g/mol. The van der Waals surface area contributed by atoms with Gasteiger partial charge in [0.15, 0.2) is 0 Å². The Kier molecular flexibility index (Phi) is 2.97. The third-order valence-electron chi connectivity index (χ3n) is 3.65. The molecule has 0 unspecified atom stereocenters. The standard InChI is InChI=1S/C17H19N3/c1-11(2)13-5-7-14(8-6-13)20-16-10-12(3)4-9-15(16)19-17(20)18/h4-11H,1-3H3,(H2,18,19). The molecule has 102 valence electrons. The highest BCUT2D eigenvalue weighted by Gasteiger charge is 2.10. The summed E-state index contributed by atoms with van der Waals surface area (Å²) in [5.74, 6) is 1.06. The first kappa shape index (κ1) is 12.7. The molecule has 1 aromatic heterocycles. The van der Waals surface area contributed by atoms with E-state index in [4.69, 9.17) is 5.73 Å². The highest BCUT2D eigenvalue weighted by atomic mass is 15.2. The Morgan fingerprint density at radius 2 is 1.75 bits per heavy atom. The molecule has 0 aliphatic heterocycles. The quantitative estimate of drug-likeness (QED) is 0.760. The lowest BCUT2D eigenvalue weighted by Gasteiger charge is -2.10. The molecule has 0 fully saturated rings. The molecule has 0 amide bonds. The third-order valence-corrected chi connectivity index (χ3v) is 3.65. The molecule has 0 radical (unpaired) electrons. The first-order valence-electron chi connectivity index (χ1n) is 6.91. The van der Waals surface area contributed by atoms with Crippen molar-refractivity contribution in [2.45, 2.75) is 26.7 Å². The number of hydrogen-bond donors (Lipinski definition) is 1. The normalized spacial score (nSPS) is 11.4. The molecule has 3 aromatic rings. The van der Waals surface area contributed by atoms with Gasteiger partial charge in [-0.2, -0.15) is 0 Å². The summed E-state index contributed by atoms with van der Waals surface area (Å²) in [7, 11) is 0. The van der Waals surface area contributed by atoms with E-state index in [2.05, 4.69) is 62.2 Å². The summed E-state index contributed by atoms with van der Waals surface area (Å²) in [6, 6.07) is 14.7. The van der Waals surface area contributed by atoms with E-state index in [1.165, 1.54) is 11.1 Å². The van der Waals surface area contributed by atoms with Gasteiger partial charge in [0.1, 0.15) is 0 Å². The second-order valence-electron chi connectivity index (χ2n) is 5.54. The van der Waals surface area contributed by atoms with Gasteiger partial charge in [-0.05, 0) is 48.2 Å². The van der Waals surface area contributed by atoms with Crippen LogP contribution in [0.1, 0.15) is 30.9 Å². The van der Waals surface area contributed by atoms with Gasteiger partial charge in [-0.1, -0.05) is 32.0 Å². The molecule has 2 N–H and O–H groups in total. The van der Waals surface area contributed by atoms with Gasteiger partial charge in [0.25, 0.3) is 0 Å². The van der Waals surface area contributed by atoms with E-state index in [1.807, 2.05) is 10.6 Å². The number of nitrogen functional groups attached to an aromatic ring is 1. The molecule has 0 spiro atoms. The van der Waals surface area contributed by atoms with Crippen LogP contribution >= 0.6 is 0 Å². The molecule has 0 aliphatic rings. The maximum absolute atomic E-state index is 6.09. The highest BCUT2D eigenvalue weighted by Crippen LogP contribution is 2.25. The van der Waals surface area contributed by atoms with E-state index in [9.17, 15) is 0 Å². The van der Waals surface area contributed by atoms with Crippen molar-refractivity contribution in [2.75, 3.05) is 5.73 Å². The van der Waals surface area contributed by atoms with E-state index in [0.29, 0.717) is 11.9 Å². The van der Waals surface area contributed by atoms with E-state index in [0.717, 1.165) is 16.7 Å².